The van der Waals surface area contributed by atoms with Gasteiger partial charge in [-0.05, 0) is 30.3 Å². The van der Waals surface area contributed by atoms with Crippen LogP contribution in [-0.4, -0.2) is 32.1 Å². The molecule has 0 aliphatic heterocycles. The van der Waals surface area contributed by atoms with E-state index in [4.69, 9.17) is 27.2 Å². The van der Waals surface area contributed by atoms with Gasteiger partial charge in [-0.25, -0.2) is 14.4 Å². The van der Waals surface area contributed by atoms with Crippen LogP contribution in [0.3, 0.4) is 0 Å². The van der Waals surface area contributed by atoms with E-state index in [2.05, 4.69) is 15.0 Å². The van der Waals surface area contributed by atoms with Gasteiger partial charge in [-0.15, -0.1) is 12.4 Å². The van der Waals surface area contributed by atoms with Crippen molar-refractivity contribution in [3.05, 3.63) is 65.5 Å². The maximum atomic E-state index is 13.8. The van der Waals surface area contributed by atoms with Crippen LogP contribution in [0.2, 0.25) is 5.02 Å². The summed E-state index contributed by atoms with van der Waals surface area (Å²) in [6, 6.07) is 7.36. The fourth-order valence-corrected chi connectivity index (χ4v) is 2.64. The molecular formula is C19H17Cl2FN4O3. The molecule has 0 bridgehead atoms. The summed E-state index contributed by atoms with van der Waals surface area (Å²) in [5.41, 5.74) is 7.76. The van der Waals surface area contributed by atoms with Crippen LogP contribution in [0, 0.1) is 5.82 Å². The number of hydrogen-bond acceptors (Lipinski definition) is 6. The molecular weight excluding hydrogens is 422 g/mol. The lowest BCUT2D eigenvalue weighted by Crippen LogP contribution is -2.26. The number of aromatic nitrogens is 3. The van der Waals surface area contributed by atoms with Crippen LogP contribution in [0.1, 0.15) is 12.1 Å². The van der Waals surface area contributed by atoms with E-state index in [1.807, 2.05) is 0 Å². The highest BCUT2D eigenvalue weighted by Gasteiger charge is 2.12. The van der Waals surface area contributed by atoms with Gasteiger partial charge in [0.25, 0.3) is 5.88 Å². The van der Waals surface area contributed by atoms with Gasteiger partial charge >= 0.3 is 5.97 Å². The van der Waals surface area contributed by atoms with Crippen molar-refractivity contribution in [2.45, 2.75) is 18.9 Å². The minimum absolute atomic E-state index is 0. The standard InChI is InChI=1S/C19H16ClFN4O3.ClH/c20-12-5-16(21)19(24-8-12)28-15-3-1-11(2-4-15)17-10-23-9-14(25-17)6-13(22)7-18(26)27;/h1-5,8-10,13H,6-7,22H2,(H,26,27);1H. The second-order valence-corrected chi connectivity index (χ2v) is 6.46. The van der Waals surface area contributed by atoms with Crippen LogP contribution >= 0.6 is 24.0 Å². The number of aliphatic carboxylic acids is 1. The Morgan fingerprint density at radius 1 is 1.24 bits per heavy atom. The van der Waals surface area contributed by atoms with Gasteiger partial charge in [-0.1, -0.05) is 11.6 Å². The summed E-state index contributed by atoms with van der Waals surface area (Å²) < 4.78 is 19.2. The van der Waals surface area contributed by atoms with Gasteiger partial charge in [-0.2, -0.15) is 0 Å². The van der Waals surface area contributed by atoms with Gasteiger partial charge in [0.2, 0.25) is 0 Å². The lowest BCUT2D eigenvalue weighted by Gasteiger charge is -2.10. The molecule has 29 heavy (non-hydrogen) atoms. The third-order valence-corrected chi connectivity index (χ3v) is 3.94. The number of ether oxygens (including phenoxy) is 1. The normalized spacial score (nSPS) is 11.4. The zero-order valence-electron chi connectivity index (χ0n) is 15.0. The van der Waals surface area contributed by atoms with Crippen LogP contribution in [-0.2, 0) is 11.2 Å². The van der Waals surface area contributed by atoms with E-state index in [1.54, 1.807) is 36.7 Å². The molecule has 0 aliphatic rings. The number of nitrogens with two attached hydrogens (primary N) is 1. The quantitative estimate of drug-likeness (QED) is 0.575. The largest absolute Gasteiger partial charge is 0.481 e. The minimum atomic E-state index is -0.959. The third-order valence-electron chi connectivity index (χ3n) is 3.73. The van der Waals surface area contributed by atoms with E-state index >= 15 is 0 Å². The van der Waals surface area contributed by atoms with Gasteiger partial charge in [0.15, 0.2) is 5.82 Å². The van der Waals surface area contributed by atoms with Crippen LogP contribution in [0.15, 0.2) is 48.9 Å². The average molecular weight is 439 g/mol. The van der Waals surface area contributed by atoms with Gasteiger partial charge in [0.1, 0.15) is 5.75 Å². The average Bonchev–Trinajstić information content (AvgIpc) is 2.64. The van der Waals surface area contributed by atoms with E-state index in [1.165, 1.54) is 6.20 Å². The molecule has 1 aromatic carbocycles. The van der Waals surface area contributed by atoms with Crippen LogP contribution in [0.4, 0.5) is 4.39 Å². The first kappa shape index (κ1) is 22.5. The predicted octanol–water partition coefficient (Wildman–Crippen LogP) is 3.89. The number of nitrogens with zero attached hydrogens (tertiary/aromatic N) is 3. The predicted molar refractivity (Wildman–Crippen MR) is 108 cm³/mol. The number of pyridine rings is 1. The molecule has 0 amide bonds. The Labute approximate surface area is 177 Å². The zero-order valence-corrected chi connectivity index (χ0v) is 16.5. The number of hydrogen-bond donors (Lipinski definition) is 2. The van der Waals surface area contributed by atoms with Gasteiger partial charge in [0.05, 0.1) is 29.0 Å². The van der Waals surface area contributed by atoms with Crippen molar-refractivity contribution in [2.75, 3.05) is 0 Å². The number of carboxylic acid groups (broad SMARTS) is 1. The molecule has 7 nitrogen and oxygen atoms in total. The summed E-state index contributed by atoms with van der Waals surface area (Å²) in [4.78, 5) is 23.1. The molecule has 152 valence electrons. The molecule has 0 radical (unpaired) electrons. The van der Waals surface area contributed by atoms with Crippen molar-refractivity contribution >= 4 is 30.0 Å². The molecule has 0 fully saturated rings. The topological polar surface area (TPSA) is 111 Å². The lowest BCUT2D eigenvalue weighted by atomic mass is 10.1. The first-order valence-electron chi connectivity index (χ1n) is 8.28. The third kappa shape index (κ3) is 6.35. The Hall–Kier alpha value is -2.81. The van der Waals surface area contributed by atoms with Crippen LogP contribution in [0.5, 0.6) is 11.6 Å². The maximum Gasteiger partial charge on any atom is 0.304 e. The van der Waals surface area contributed by atoms with Gasteiger partial charge in [0, 0.05) is 30.4 Å². The Morgan fingerprint density at radius 3 is 2.62 bits per heavy atom. The van der Waals surface area contributed by atoms with Crippen molar-refractivity contribution in [3.8, 4) is 22.9 Å². The summed E-state index contributed by atoms with van der Waals surface area (Å²) in [5, 5.41) is 8.98. The monoisotopic (exact) mass is 438 g/mol. The summed E-state index contributed by atoms with van der Waals surface area (Å²) >= 11 is 5.67. The molecule has 3 aromatic rings. The minimum Gasteiger partial charge on any atom is -0.481 e. The highest BCUT2D eigenvalue weighted by Crippen LogP contribution is 2.26. The summed E-state index contributed by atoms with van der Waals surface area (Å²) in [6.45, 7) is 0. The molecule has 10 heteroatoms. The van der Waals surface area contributed by atoms with Crippen molar-refractivity contribution < 1.29 is 19.0 Å². The number of carbonyl (C=O) groups is 1. The first-order chi connectivity index (χ1) is 13.4. The van der Waals surface area contributed by atoms with Crippen molar-refractivity contribution in [1.29, 1.82) is 0 Å². The van der Waals surface area contributed by atoms with Crippen molar-refractivity contribution in [3.63, 3.8) is 0 Å². The highest BCUT2D eigenvalue weighted by molar-refractivity contribution is 6.30. The smallest absolute Gasteiger partial charge is 0.304 e. The van der Waals surface area contributed by atoms with Gasteiger partial charge < -0.3 is 15.6 Å². The fraction of sp³-hybridized carbons (Fsp3) is 0.158. The number of rotatable bonds is 7. The Morgan fingerprint density at radius 2 is 1.97 bits per heavy atom. The van der Waals surface area contributed by atoms with E-state index in [0.29, 0.717) is 23.6 Å². The molecule has 1 atom stereocenters. The molecule has 3 rings (SSSR count). The Balaban J connectivity index is 0.00000300. The number of carboxylic acids is 1. The second-order valence-electron chi connectivity index (χ2n) is 6.02. The fourth-order valence-electron chi connectivity index (χ4n) is 2.49. The molecule has 2 heterocycles. The molecule has 0 aliphatic carbocycles. The van der Waals surface area contributed by atoms with Crippen molar-refractivity contribution in [1.82, 2.24) is 15.0 Å². The summed E-state index contributed by atoms with van der Waals surface area (Å²) in [7, 11) is 0. The van der Waals surface area contributed by atoms with Crippen LogP contribution < -0.4 is 10.5 Å². The van der Waals surface area contributed by atoms with E-state index in [0.717, 1.165) is 11.6 Å². The highest BCUT2D eigenvalue weighted by atomic mass is 35.5. The first-order valence-corrected chi connectivity index (χ1v) is 8.66. The number of benzene rings is 1. The van der Waals surface area contributed by atoms with E-state index in [-0.39, 0.29) is 29.7 Å². The summed E-state index contributed by atoms with van der Waals surface area (Å²) in [6.07, 6.45) is 4.59. The molecule has 0 saturated carbocycles. The molecule has 1 unspecified atom stereocenters. The van der Waals surface area contributed by atoms with E-state index in [9.17, 15) is 9.18 Å². The zero-order chi connectivity index (χ0) is 20.1. The number of halogens is 3. The lowest BCUT2D eigenvalue weighted by molar-refractivity contribution is -0.137. The van der Waals surface area contributed by atoms with Gasteiger partial charge in [-0.3, -0.25) is 9.78 Å². The van der Waals surface area contributed by atoms with Crippen molar-refractivity contribution in [2.24, 2.45) is 5.73 Å². The summed E-state index contributed by atoms with van der Waals surface area (Å²) in [5.74, 6) is -1.40. The Bertz CT molecular complexity index is 989. The van der Waals surface area contributed by atoms with E-state index < -0.39 is 17.8 Å². The van der Waals surface area contributed by atoms with Crippen LogP contribution in [0.25, 0.3) is 11.3 Å². The molecule has 0 spiro atoms. The second kappa shape index (κ2) is 10.1. The molecule has 3 N–H and O–H groups in total. The molecule has 0 saturated heterocycles. The Kier molecular flexibility index (Phi) is 7.83. The maximum absolute atomic E-state index is 13.8. The molecule has 2 aromatic heterocycles. The SMILES string of the molecule is Cl.NC(CC(=O)O)Cc1cncc(-c2ccc(Oc3ncc(Cl)cc3F)cc2)n1.